The van der Waals surface area contributed by atoms with Gasteiger partial charge in [0, 0.05) is 32.4 Å². The number of carbonyl (C=O) groups is 3. The number of fused-ring (bicyclic) bond motifs is 1. The number of halogens is 1. The number of hydrogen-bond donors (Lipinski definition) is 3. The highest BCUT2D eigenvalue weighted by molar-refractivity contribution is 9.10. The Bertz CT molecular complexity index is 1940. The molecule has 0 spiro atoms. The van der Waals surface area contributed by atoms with Crippen LogP contribution in [-0.2, 0) is 9.59 Å². The van der Waals surface area contributed by atoms with Crippen LogP contribution in [0.1, 0.15) is 26.7 Å². The summed E-state index contributed by atoms with van der Waals surface area (Å²) >= 11 is 4.84. The fourth-order valence-electron chi connectivity index (χ4n) is 4.74. The van der Waals surface area contributed by atoms with Crippen LogP contribution in [0.4, 0.5) is 11.4 Å². The fraction of sp³-hybridized carbons (Fsp3) is 0.0541. The minimum absolute atomic E-state index is 0.0831. The maximum absolute atomic E-state index is 13.6. The number of rotatable bonds is 10. The van der Waals surface area contributed by atoms with E-state index < -0.39 is 17.1 Å². The minimum Gasteiger partial charge on any atom is -0.454 e. The molecule has 47 heavy (non-hydrogen) atoms. The van der Waals surface area contributed by atoms with Gasteiger partial charge in [0.15, 0.2) is 11.5 Å². The highest BCUT2D eigenvalue weighted by Gasteiger charge is 2.24. The van der Waals surface area contributed by atoms with Crippen molar-refractivity contribution in [2.24, 2.45) is 0 Å². The molecule has 234 valence electrons. The Morgan fingerprint density at radius 1 is 0.723 bits per heavy atom. The van der Waals surface area contributed by atoms with Crippen molar-refractivity contribution in [1.29, 1.82) is 0 Å². The van der Waals surface area contributed by atoms with Gasteiger partial charge in [0.2, 0.25) is 12.7 Å². The van der Waals surface area contributed by atoms with Crippen molar-refractivity contribution in [1.82, 2.24) is 5.32 Å². The third-order valence-electron chi connectivity index (χ3n) is 7.04. The zero-order valence-electron chi connectivity index (χ0n) is 24.8. The lowest BCUT2D eigenvalue weighted by Crippen LogP contribution is -2.30. The van der Waals surface area contributed by atoms with Crippen LogP contribution in [0.5, 0.6) is 11.5 Å². The molecule has 1 aliphatic heterocycles. The van der Waals surface area contributed by atoms with Crippen LogP contribution in [0.2, 0.25) is 0 Å². The molecule has 3 amide bonds. The van der Waals surface area contributed by atoms with Gasteiger partial charge in [-0.3, -0.25) is 14.4 Å². The number of hydrogen-bond acceptors (Lipinski definition) is 6. The zero-order valence-corrected chi connectivity index (χ0v) is 27.2. The van der Waals surface area contributed by atoms with E-state index in [2.05, 4.69) is 31.9 Å². The summed E-state index contributed by atoms with van der Waals surface area (Å²) in [5, 5.41) is 8.07. The predicted molar refractivity (Wildman–Crippen MR) is 187 cm³/mol. The summed E-state index contributed by atoms with van der Waals surface area (Å²) in [5.41, 5.74) is 3.21. The van der Waals surface area contributed by atoms with Gasteiger partial charge in [0.1, 0.15) is 10.9 Å². The maximum Gasteiger partial charge on any atom is 0.272 e. The number of benzene rings is 5. The Balaban J connectivity index is 1.18. The molecule has 0 saturated heterocycles. The molecule has 0 aromatic heterocycles. The highest BCUT2D eigenvalue weighted by atomic mass is 79.9. The first-order chi connectivity index (χ1) is 22.9. The zero-order chi connectivity index (χ0) is 32.6. The van der Waals surface area contributed by atoms with Gasteiger partial charge in [-0.05, 0) is 77.9 Å². The number of ether oxygens (including phenoxy) is 2. The average molecular weight is 707 g/mol. The van der Waals surface area contributed by atoms with Gasteiger partial charge in [0.05, 0.1) is 0 Å². The van der Waals surface area contributed by atoms with Crippen LogP contribution in [-0.4, -0.2) is 24.5 Å². The van der Waals surface area contributed by atoms with Crippen molar-refractivity contribution in [3.63, 3.8) is 0 Å². The molecule has 1 aliphatic rings. The van der Waals surface area contributed by atoms with E-state index in [1.54, 1.807) is 60.7 Å². The predicted octanol–water partition coefficient (Wildman–Crippen LogP) is 8.06. The third kappa shape index (κ3) is 8.29. The molecule has 8 nitrogen and oxygen atoms in total. The van der Waals surface area contributed by atoms with Crippen molar-refractivity contribution in [2.45, 2.75) is 10.1 Å². The van der Waals surface area contributed by atoms with Crippen molar-refractivity contribution in [3.05, 3.63) is 154 Å². The minimum atomic E-state index is -0.560. The van der Waals surface area contributed by atoms with Crippen molar-refractivity contribution >= 4 is 62.9 Å². The van der Waals surface area contributed by atoms with Gasteiger partial charge in [-0.15, -0.1) is 11.8 Å². The molecule has 0 aliphatic carbocycles. The number of anilines is 2. The van der Waals surface area contributed by atoms with E-state index in [1.807, 2.05) is 72.8 Å². The SMILES string of the molecule is O=C(Nc1ccc(SC(C(=O)Nc2ccc3c(c2)OCO3)c2ccccc2)cc1)/C(=C/c1cccc(Br)c1)NC(=O)c1ccccc1. The molecule has 10 heteroatoms. The Hall–Kier alpha value is -5.32. The summed E-state index contributed by atoms with van der Waals surface area (Å²) in [7, 11) is 0. The fourth-order valence-corrected chi connectivity index (χ4v) is 6.18. The molecule has 1 unspecified atom stereocenters. The first-order valence-corrected chi connectivity index (χ1v) is 16.3. The van der Waals surface area contributed by atoms with Gasteiger partial charge in [-0.2, -0.15) is 0 Å². The summed E-state index contributed by atoms with van der Waals surface area (Å²) in [6, 6.07) is 38.1. The third-order valence-corrected chi connectivity index (χ3v) is 8.79. The summed E-state index contributed by atoms with van der Waals surface area (Å²) < 4.78 is 11.7. The van der Waals surface area contributed by atoms with E-state index in [9.17, 15) is 14.4 Å². The molecule has 0 radical (unpaired) electrons. The molecule has 1 atom stereocenters. The summed E-state index contributed by atoms with van der Waals surface area (Å²) in [6.45, 7) is 0.149. The smallest absolute Gasteiger partial charge is 0.272 e. The molecule has 0 fully saturated rings. The van der Waals surface area contributed by atoms with E-state index in [4.69, 9.17) is 9.47 Å². The van der Waals surface area contributed by atoms with Gasteiger partial charge in [0.25, 0.3) is 11.8 Å². The van der Waals surface area contributed by atoms with Crippen LogP contribution in [0.25, 0.3) is 6.08 Å². The topological polar surface area (TPSA) is 106 Å². The lowest BCUT2D eigenvalue weighted by atomic mass is 10.1. The van der Waals surface area contributed by atoms with Crippen molar-refractivity contribution in [2.75, 3.05) is 17.4 Å². The normalized spacial score (nSPS) is 12.6. The van der Waals surface area contributed by atoms with Crippen LogP contribution in [0, 0.1) is 0 Å². The Morgan fingerprint density at radius 3 is 2.17 bits per heavy atom. The van der Waals surface area contributed by atoms with Gasteiger partial charge < -0.3 is 25.4 Å². The average Bonchev–Trinajstić information content (AvgIpc) is 3.56. The standard InChI is InChI=1S/C37H28BrN3O5S/c38-27-13-7-8-24(20-27)21-31(41-35(42)26-11-5-2-6-12-26)36(43)39-28-14-17-30(18-15-28)47-34(25-9-3-1-4-10-25)37(44)40-29-16-19-32-33(22-29)46-23-45-32/h1-22,34H,23H2,(H,39,43)(H,40,44)(H,41,42)/b31-21-. The Kier molecular flexibility index (Phi) is 10.00. The largest absolute Gasteiger partial charge is 0.454 e. The van der Waals surface area contributed by atoms with Crippen LogP contribution in [0.3, 0.4) is 0 Å². The summed E-state index contributed by atoms with van der Waals surface area (Å²) in [4.78, 5) is 40.8. The molecule has 0 saturated carbocycles. The van der Waals surface area contributed by atoms with Crippen molar-refractivity contribution < 1.29 is 23.9 Å². The van der Waals surface area contributed by atoms with Crippen LogP contribution >= 0.6 is 27.7 Å². The summed E-state index contributed by atoms with van der Waals surface area (Å²) in [6.07, 6.45) is 1.62. The molecule has 1 heterocycles. The van der Waals surface area contributed by atoms with Gasteiger partial charge >= 0.3 is 0 Å². The van der Waals surface area contributed by atoms with Crippen molar-refractivity contribution in [3.8, 4) is 11.5 Å². The van der Waals surface area contributed by atoms with E-state index in [0.29, 0.717) is 28.4 Å². The highest BCUT2D eigenvalue weighted by Crippen LogP contribution is 2.38. The second kappa shape index (κ2) is 14.8. The van der Waals surface area contributed by atoms with Crippen LogP contribution in [0.15, 0.2) is 142 Å². The van der Waals surface area contributed by atoms with Gasteiger partial charge in [-0.25, -0.2) is 0 Å². The molecule has 6 rings (SSSR count). The first kappa shape index (κ1) is 31.7. The lowest BCUT2D eigenvalue weighted by molar-refractivity contribution is -0.116. The van der Waals surface area contributed by atoms with Crippen LogP contribution < -0.4 is 25.4 Å². The quantitative estimate of drug-likeness (QED) is 0.100. The number of amides is 3. The molecular formula is C37H28BrN3O5S. The Morgan fingerprint density at radius 2 is 1.43 bits per heavy atom. The second-order valence-electron chi connectivity index (χ2n) is 10.4. The molecular weight excluding hydrogens is 678 g/mol. The first-order valence-electron chi connectivity index (χ1n) is 14.6. The Labute approximate surface area is 284 Å². The number of nitrogens with one attached hydrogen (secondary N) is 3. The monoisotopic (exact) mass is 705 g/mol. The van der Waals surface area contributed by atoms with E-state index in [0.717, 1.165) is 20.5 Å². The molecule has 0 bridgehead atoms. The van der Waals surface area contributed by atoms with E-state index in [-0.39, 0.29) is 18.4 Å². The van der Waals surface area contributed by atoms with Gasteiger partial charge in [-0.1, -0.05) is 76.6 Å². The number of thioether (sulfide) groups is 1. The van der Waals surface area contributed by atoms with E-state index in [1.165, 1.54) is 11.8 Å². The maximum atomic E-state index is 13.6. The molecule has 5 aromatic carbocycles. The number of carbonyl (C=O) groups excluding carboxylic acids is 3. The molecule has 5 aromatic rings. The molecule has 3 N–H and O–H groups in total. The lowest BCUT2D eigenvalue weighted by Gasteiger charge is -2.18. The van der Waals surface area contributed by atoms with E-state index >= 15 is 0 Å². The second-order valence-corrected chi connectivity index (χ2v) is 12.5. The summed E-state index contributed by atoms with van der Waals surface area (Å²) in [5.74, 6) is 0.130.